The molecule has 2 amide bonds. The molecular formula is C21H26F3N3O2. The van der Waals surface area contributed by atoms with Gasteiger partial charge in [-0.25, -0.2) is 4.79 Å². The van der Waals surface area contributed by atoms with E-state index in [1.165, 1.54) is 12.1 Å². The largest absolute Gasteiger partial charge is 0.416 e. The van der Waals surface area contributed by atoms with E-state index in [1.54, 1.807) is 11.0 Å². The molecule has 2 aliphatic heterocycles. The van der Waals surface area contributed by atoms with Crippen molar-refractivity contribution in [3.05, 3.63) is 35.4 Å². The van der Waals surface area contributed by atoms with Crippen molar-refractivity contribution in [3.63, 3.8) is 0 Å². The van der Waals surface area contributed by atoms with E-state index in [4.69, 9.17) is 4.84 Å². The molecular weight excluding hydrogens is 383 g/mol. The van der Waals surface area contributed by atoms with Crippen LogP contribution in [0.15, 0.2) is 29.4 Å². The number of carbonyl (C=O) groups is 1. The SMILES string of the molecule is CC1=NOC(NC(=O)N2CCC3(CC2)CC(c2cccc(C(F)(F)F)c2)C3)C1C. The molecule has 0 bridgehead atoms. The van der Waals surface area contributed by atoms with Gasteiger partial charge in [-0.2, -0.15) is 13.2 Å². The molecule has 1 spiro atoms. The Balaban J connectivity index is 1.28. The number of amides is 2. The van der Waals surface area contributed by atoms with Gasteiger partial charge in [0.2, 0.25) is 6.23 Å². The summed E-state index contributed by atoms with van der Waals surface area (Å²) in [5, 5.41) is 6.80. The van der Waals surface area contributed by atoms with Crippen LogP contribution in [0.4, 0.5) is 18.0 Å². The van der Waals surface area contributed by atoms with Crippen molar-refractivity contribution < 1.29 is 22.8 Å². The highest BCUT2D eigenvalue weighted by Crippen LogP contribution is 2.56. The lowest BCUT2D eigenvalue weighted by atomic mass is 9.56. The number of halogens is 3. The van der Waals surface area contributed by atoms with Crippen LogP contribution in [0, 0.1) is 11.3 Å². The molecule has 2 unspecified atom stereocenters. The molecule has 1 aliphatic carbocycles. The fourth-order valence-corrected chi connectivity index (χ4v) is 4.68. The molecule has 158 valence electrons. The number of hydrogen-bond donors (Lipinski definition) is 1. The van der Waals surface area contributed by atoms with Crippen molar-refractivity contribution in [1.82, 2.24) is 10.2 Å². The zero-order chi connectivity index (χ0) is 20.8. The van der Waals surface area contributed by atoms with E-state index < -0.39 is 18.0 Å². The van der Waals surface area contributed by atoms with Crippen molar-refractivity contribution in [3.8, 4) is 0 Å². The van der Waals surface area contributed by atoms with Gasteiger partial charge < -0.3 is 9.74 Å². The average molecular weight is 409 g/mol. The number of piperidine rings is 1. The third-order valence-corrected chi connectivity index (χ3v) is 6.84. The summed E-state index contributed by atoms with van der Waals surface area (Å²) in [6.45, 7) is 5.15. The standard InChI is InChI=1S/C21H26F3N3O2/c1-13-14(2)26-29-18(13)25-19(28)27-8-6-20(7-9-27)11-16(12-20)15-4-3-5-17(10-15)21(22,23)24/h3-5,10,13,16,18H,6-9,11-12H2,1-2H3,(H,25,28). The van der Waals surface area contributed by atoms with Crippen LogP contribution >= 0.6 is 0 Å². The normalized spacial score (nSPS) is 26.7. The van der Waals surface area contributed by atoms with Crippen molar-refractivity contribution >= 4 is 11.7 Å². The predicted molar refractivity (Wildman–Crippen MR) is 102 cm³/mol. The molecule has 29 heavy (non-hydrogen) atoms. The van der Waals surface area contributed by atoms with Crippen molar-refractivity contribution in [2.75, 3.05) is 13.1 Å². The Kier molecular flexibility index (Phi) is 4.99. The van der Waals surface area contributed by atoms with Crippen molar-refractivity contribution in [2.45, 2.75) is 57.9 Å². The quantitative estimate of drug-likeness (QED) is 0.767. The third kappa shape index (κ3) is 3.94. The first-order valence-electron chi connectivity index (χ1n) is 10.1. The van der Waals surface area contributed by atoms with Crippen molar-refractivity contribution in [2.24, 2.45) is 16.5 Å². The van der Waals surface area contributed by atoms with Gasteiger partial charge in [-0.15, -0.1) is 0 Å². The number of nitrogens with one attached hydrogen (secondary N) is 1. The number of oxime groups is 1. The van der Waals surface area contributed by atoms with Crippen LogP contribution in [0.1, 0.15) is 56.6 Å². The van der Waals surface area contributed by atoms with E-state index in [9.17, 15) is 18.0 Å². The van der Waals surface area contributed by atoms with E-state index in [0.717, 1.165) is 43.0 Å². The van der Waals surface area contributed by atoms with Gasteiger partial charge in [0.25, 0.3) is 0 Å². The lowest BCUT2D eigenvalue weighted by Gasteiger charge is -2.52. The van der Waals surface area contributed by atoms with Gasteiger partial charge in [-0.3, -0.25) is 5.32 Å². The Morgan fingerprint density at radius 3 is 2.55 bits per heavy atom. The Morgan fingerprint density at radius 2 is 1.97 bits per heavy atom. The third-order valence-electron chi connectivity index (χ3n) is 6.84. The van der Waals surface area contributed by atoms with Crippen LogP contribution in [-0.2, 0) is 11.0 Å². The number of hydrogen-bond acceptors (Lipinski definition) is 3. The highest BCUT2D eigenvalue weighted by atomic mass is 19.4. The minimum absolute atomic E-state index is 0.0509. The molecule has 3 aliphatic rings. The van der Waals surface area contributed by atoms with Gasteiger partial charge in [-0.1, -0.05) is 30.3 Å². The first-order valence-corrected chi connectivity index (χ1v) is 10.1. The summed E-state index contributed by atoms with van der Waals surface area (Å²) in [5.41, 5.74) is 1.20. The van der Waals surface area contributed by atoms with E-state index in [-0.39, 0.29) is 23.3 Å². The van der Waals surface area contributed by atoms with E-state index in [1.807, 2.05) is 13.8 Å². The second kappa shape index (κ2) is 7.22. The van der Waals surface area contributed by atoms with Gasteiger partial charge in [0, 0.05) is 13.1 Å². The first-order chi connectivity index (χ1) is 13.7. The summed E-state index contributed by atoms with van der Waals surface area (Å²) in [4.78, 5) is 19.6. The fourth-order valence-electron chi connectivity index (χ4n) is 4.68. The maximum absolute atomic E-state index is 13.0. The smallest absolute Gasteiger partial charge is 0.370 e. The average Bonchev–Trinajstić information content (AvgIpc) is 2.97. The van der Waals surface area contributed by atoms with Crippen LogP contribution in [0.2, 0.25) is 0 Å². The number of rotatable bonds is 2. The lowest BCUT2D eigenvalue weighted by Crippen LogP contribution is -2.53. The van der Waals surface area contributed by atoms with Crippen LogP contribution in [0.5, 0.6) is 0 Å². The summed E-state index contributed by atoms with van der Waals surface area (Å²) in [7, 11) is 0. The molecule has 1 N–H and O–H groups in total. The molecule has 1 aromatic carbocycles. The number of alkyl halides is 3. The Labute approximate surface area is 168 Å². The van der Waals surface area contributed by atoms with Gasteiger partial charge in [0.15, 0.2) is 0 Å². The molecule has 1 saturated heterocycles. The first kappa shape index (κ1) is 20.0. The van der Waals surface area contributed by atoms with Gasteiger partial charge in [-0.05, 0) is 55.6 Å². The minimum atomic E-state index is -4.31. The second-order valence-corrected chi connectivity index (χ2v) is 8.71. The fraction of sp³-hybridized carbons (Fsp3) is 0.619. The van der Waals surface area contributed by atoms with E-state index in [0.29, 0.717) is 13.1 Å². The molecule has 0 aromatic heterocycles. The Morgan fingerprint density at radius 1 is 1.28 bits per heavy atom. The number of likely N-dealkylation sites (tertiary alicyclic amines) is 1. The van der Waals surface area contributed by atoms with Crippen molar-refractivity contribution in [1.29, 1.82) is 0 Å². The molecule has 5 nitrogen and oxygen atoms in total. The van der Waals surface area contributed by atoms with Crippen LogP contribution in [-0.4, -0.2) is 36.0 Å². The molecule has 1 aromatic rings. The topological polar surface area (TPSA) is 53.9 Å². The predicted octanol–water partition coefficient (Wildman–Crippen LogP) is 4.74. The summed E-state index contributed by atoms with van der Waals surface area (Å²) in [6, 6.07) is 5.55. The molecule has 2 fully saturated rings. The number of carbonyl (C=O) groups excluding carboxylic acids is 1. The second-order valence-electron chi connectivity index (χ2n) is 8.71. The number of urea groups is 1. The van der Waals surface area contributed by atoms with Gasteiger partial charge >= 0.3 is 12.2 Å². The van der Waals surface area contributed by atoms with Crippen LogP contribution < -0.4 is 5.32 Å². The Hall–Kier alpha value is -2.25. The highest BCUT2D eigenvalue weighted by Gasteiger charge is 2.47. The summed E-state index contributed by atoms with van der Waals surface area (Å²) in [6.07, 6.45) is -1.19. The summed E-state index contributed by atoms with van der Waals surface area (Å²) >= 11 is 0. The minimum Gasteiger partial charge on any atom is -0.370 e. The van der Waals surface area contributed by atoms with Gasteiger partial charge in [0.1, 0.15) is 0 Å². The lowest BCUT2D eigenvalue weighted by molar-refractivity contribution is -0.137. The maximum Gasteiger partial charge on any atom is 0.416 e. The highest BCUT2D eigenvalue weighted by molar-refractivity contribution is 5.86. The van der Waals surface area contributed by atoms with E-state index in [2.05, 4.69) is 10.5 Å². The molecule has 2 atom stereocenters. The molecule has 4 rings (SSSR count). The monoisotopic (exact) mass is 409 g/mol. The number of nitrogens with zero attached hydrogens (tertiary/aromatic N) is 2. The number of benzene rings is 1. The maximum atomic E-state index is 13.0. The summed E-state index contributed by atoms with van der Waals surface area (Å²) < 4.78 is 38.9. The Bertz CT molecular complexity index is 808. The molecule has 8 heteroatoms. The zero-order valence-corrected chi connectivity index (χ0v) is 16.6. The van der Waals surface area contributed by atoms with E-state index >= 15 is 0 Å². The summed E-state index contributed by atoms with van der Waals surface area (Å²) in [5.74, 6) is 0.223. The zero-order valence-electron chi connectivity index (χ0n) is 16.6. The molecule has 1 saturated carbocycles. The molecule has 0 radical (unpaired) electrons. The molecule has 2 heterocycles. The van der Waals surface area contributed by atoms with Crippen LogP contribution in [0.25, 0.3) is 0 Å². The van der Waals surface area contributed by atoms with Crippen LogP contribution in [0.3, 0.4) is 0 Å². The van der Waals surface area contributed by atoms with Gasteiger partial charge in [0.05, 0.1) is 17.2 Å².